The highest BCUT2D eigenvalue weighted by molar-refractivity contribution is 7.10. The van der Waals surface area contributed by atoms with Gasteiger partial charge in [0.15, 0.2) is 0 Å². The molecule has 6 nitrogen and oxygen atoms in total. The highest BCUT2D eigenvalue weighted by atomic mass is 32.1. The summed E-state index contributed by atoms with van der Waals surface area (Å²) in [5.74, 6) is -0.0622. The van der Waals surface area contributed by atoms with Crippen LogP contribution in [0.3, 0.4) is 0 Å². The van der Waals surface area contributed by atoms with Gasteiger partial charge in [0.25, 0.3) is 5.91 Å². The van der Waals surface area contributed by atoms with Gasteiger partial charge in [0.1, 0.15) is 11.8 Å². The zero-order valence-electron chi connectivity index (χ0n) is 13.0. The van der Waals surface area contributed by atoms with E-state index in [9.17, 15) is 9.59 Å². The molecule has 2 amide bonds. The molecule has 0 aromatic carbocycles. The maximum atomic E-state index is 12.2. The van der Waals surface area contributed by atoms with Crippen LogP contribution in [0.2, 0.25) is 0 Å². The van der Waals surface area contributed by atoms with E-state index in [0.29, 0.717) is 5.76 Å². The van der Waals surface area contributed by atoms with Crippen LogP contribution in [0, 0.1) is 5.92 Å². The van der Waals surface area contributed by atoms with Gasteiger partial charge in [-0.25, -0.2) is 5.43 Å². The van der Waals surface area contributed by atoms with Crippen LogP contribution in [-0.4, -0.2) is 24.1 Å². The molecule has 23 heavy (non-hydrogen) atoms. The number of nitrogens with one attached hydrogen (secondary N) is 2. The Balaban J connectivity index is 1.89. The van der Waals surface area contributed by atoms with Gasteiger partial charge >= 0.3 is 0 Å². The minimum atomic E-state index is -0.642. The maximum Gasteiger partial charge on any atom is 0.262 e. The summed E-state index contributed by atoms with van der Waals surface area (Å²) in [6.45, 7) is 3.73. The van der Waals surface area contributed by atoms with Crippen LogP contribution in [-0.2, 0) is 16.0 Å². The molecule has 2 aromatic heterocycles. The van der Waals surface area contributed by atoms with Crippen molar-refractivity contribution < 1.29 is 14.0 Å². The highest BCUT2D eigenvalue weighted by Crippen LogP contribution is 2.10. The first-order chi connectivity index (χ1) is 11.1. The van der Waals surface area contributed by atoms with Crippen LogP contribution in [0.4, 0.5) is 0 Å². The molecule has 2 N–H and O–H groups in total. The molecule has 2 aromatic rings. The molecule has 0 saturated heterocycles. The lowest BCUT2D eigenvalue weighted by atomic mass is 10.0. The SMILES string of the molecule is CC(C)[C@@H](NC(=O)Cc1cccs1)C(=O)NN=Cc1ccco1. The second kappa shape index (κ2) is 8.28. The van der Waals surface area contributed by atoms with Gasteiger partial charge in [0, 0.05) is 4.88 Å². The van der Waals surface area contributed by atoms with E-state index in [2.05, 4.69) is 15.8 Å². The third-order valence-corrected chi connectivity index (χ3v) is 3.97. The van der Waals surface area contributed by atoms with E-state index in [1.165, 1.54) is 23.8 Å². The molecule has 0 saturated carbocycles. The number of rotatable bonds is 7. The van der Waals surface area contributed by atoms with Crippen molar-refractivity contribution >= 4 is 29.4 Å². The fourth-order valence-electron chi connectivity index (χ4n) is 1.92. The molecule has 0 aliphatic carbocycles. The Morgan fingerprint density at radius 1 is 1.35 bits per heavy atom. The van der Waals surface area contributed by atoms with Crippen molar-refractivity contribution in [2.75, 3.05) is 0 Å². The number of carbonyl (C=O) groups is 2. The lowest BCUT2D eigenvalue weighted by molar-refractivity contribution is -0.129. The predicted octanol–water partition coefficient (Wildman–Crippen LogP) is 2.17. The van der Waals surface area contributed by atoms with E-state index in [1.54, 1.807) is 12.1 Å². The normalized spacial score (nSPS) is 12.5. The molecule has 2 rings (SSSR count). The molecule has 0 radical (unpaired) electrons. The van der Waals surface area contributed by atoms with E-state index in [4.69, 9.17) is 4.42 Å². The first-order valence-electron chi connectivity index (χ1n) is 7.24. The first-order valence-corrected chi connectivity index (χ1v) is 8.12. The first kappa shape index (κ1) is 17.0. The molecule has 2 heterocycles. The van der Waals surface area contributed by atoms with Gasteiger partial charge in [-0.05, 0) is 29.5 Å². The minimum absolute atomic E-state index is 0.0545. The molecule has 0 unspecified atom stereocenters. The summed E-state index contributed by atoms with van der Waals surface area (Å²) >= 11 is 1.51. The smallest absolute Gasteiger partial charge is 0.262 e. The fraction of sp³-hybridized carbons (Fsp3) is 0.312. The van der Waals surface area contributed by atoms with Crippen LogP contribution in [0.1, 0.15) is 24.5 Å². The number of furan rings is 1. The average Bonchev–Trinajstić information content (AvgIpc) is 3.17. The monoisotopic (exact) mass is 333 g/mol. The van der Waals surface area contributed by atoms with Gasteiger partial charge in [-0.15, -0.1) is 11.3 Å². The van der Waals surface area contributed by atoms with Crippen molar-refractivity contribution in [1.29, 1.82) is 0 Å². The average molecular weight is 333 g/mol. The topological polar surface area (TPSA) is 83.7 Å². The predicted molar refractivity (Wildman–Crippen MR) is 89.2 cm³/mol. The van der Waals surface area contributed by atoms with Crippen molar-refractivity contribution in [3.63, 3.8) is 0 Å². The second-order valence-corrected chi connectivity index (χ2v) is 6.33. The fourth-order valence-corrected chi connectivity index (χ4v) is 2.63. The number of amides is 2. The molecule has 0 fully saturated rings. The zero-order chi connectivity index (χ0) is 16.7. The number of hydrazone groups is 1. The van der Waals surface area contributed by atoms with Gasteiger partial charge in [-0.2, -0.15) is 5.10 Å². The number of thiophene rings is 1. The Bertz CT molecular complexity index is 648. The lowest BCUT2D eigenvalue weighted by Gasteiger charge is -2.20. The number of hydrogen-bond donors (Lipinski definition) is 2. The standard InChI is InChI=1S/C16H19N3O3S/c1-11(2)15(18-14(20)9-13-6-4-8-23-13)16(21)19-17-10-12-5-3-7-22-12/h3-8,10-11,15H,9H2,1-2H3,(H,18,20)(H,19,21)/t15-/m1/s1. The van der Waals surface area contributed by atoms with Crippen LogP contribution >= 0.6 is 11.3 Å². The van der Waals surface area contributed by atoms with E-state index in [0.717, 1.165) is 4.88 Å². The van der Waals surface area contributed by atoms with E-state index in [1.807, 2.05) is 31.4 Å². The van der Waals surface area contributed by atoms with Gasteiger partial charge in [-0.3, -0.25) is 9.59 Å². The second-order valence-electron chi connectivity index (χ2n) is 5.30. The van der Waals surface area contributed by atoms with Crippen LogP contribution < -0.4 is 10.7 Å². The summed E-state index contributed by atoms with van der Waals surface area (Å²) < 4.78 is 5.08. The zero-order valence-corrected chi connectivity index (χ0v) is 13.8. The van der Waals surface area contributed by atoms with E-state index in [-0.39, 0.29) is 24.2 Å². The summed E-state index contributed by atoms with van der Waals surface area (Å²) in [6, 6.07) is 6.59. The summed E-state index contributed by atoms with van der Waals surface area (Å²) in [6.07, 6.45) is 3.19. The lowest BCUT2D eigenvalue weighted by Crippen LogP contribution is -2.49. The Morgan fingerprint density at radius 3 is 2.78 bits per heavy atom. The third kappa shape index (κ3) is 5.37. The van der Waals surface area contributed by atoms with Gasteiger partial charge in [0.2, 0.25) is 5.91 Å². The number of hydrogen-bond acceptors (Lipinski definition) is 5. The number of nitrogens with zero attached hydrogens (tertiary/aromatic N) is 1. The Hall–Kier alpha value is -2.41. The van der Waals surface area contributed by atoms with Crippen molar-refractivity contribution in [2.45, 2.75) is 26.3 Å². The van der Waals surface area contributed by atoms with Gasteiger partial charge in [0.05, 0.1) is 18.9 Å². The van der Waals surface area contributed by atoms with Gasteiger partial charge < -0.3 is 9.73 Å². The molecule has 122 valence electrons. The summed E-state index contributed by atoms with van der Waals surface area (Å²) in [4.78, 5) is 25.2. The molecule has 0 bridgehead atoms. The molecule has 0 aliphatic rings. The number of carbonyl (C=O) groups excluding carboxylic acids is 2. The van der Waals surface area contributed by atoms with Crippen molar-refractivity contribution in [3.05, 3.63) is 46.5 Å². The Kier molecular flexibility index (Phi) is 6.10. The molecule has 7 heteroatoms. The van der Waals surface area contributed by atoms with E-state index >= 15 is 0 Å². The summed E-state index contributed by atoms with van der Waals surface area (Å²) in [5, 5.41) is 8.50. The van der Waals surface area contributed by atoms with Crippen molar-refractivity contribution in [3.8, 4) is 0 Å². The molecule has 0 spiro atoms. The maximum absolute atomic E-state index is 12.2. The van der Waals surface area contributed by atoms with Crippen LogP contribution in [0.25, 0.3) is 0 Å². The van der Waals surface area contributed by atoms with Crippen LogP contribution in [0.5, 0.6) is 0 Å². The summed E-state index contributed by atoms with van der Waals surface area (Å²) in [5.41, 5.74) is 2.42. The third-order valence-electron chi connectivity index (χ3n) is 3.09. The molecular formula is C16H19N3O3S. The summed E-state index contributed by atoms with van der Waals surface area (Å²) in [7, 11) is 0. The van der Waals surface area contributed by atoms with Gasteiger partial charge in [-0.1, -0.05) is 19.9 Å². The quantitative estimate of drug-likeness (QED) is 0.602. The Morgan fingerprint density at radius 2 is 2.17 bits per heavy atom. The highest BCUT2D eigenvalue weighted by Gasteiger charge is 2.24. The molecule has 1 atom stereocenters. The minimum Gasteiger partial charge on any atom is -0.463 e. The van der Waals surface area contributed by atoms with E-state index < -0.39 is 6.04 Å². The molecule has 0 aliphatic heterocycles. The van der Waals surface area contributed by atoms with Crippen molar-refractivity contribution in [1.82, 2.24) is 10.7 Å². The van der Waals surface area contributed by atoms with Crippen molar-refractivity contribution in [2.24, 2.45) is 11.0 Å². The Labute approximate surface area is 138 Å². The molecular weight excluding hydrogens is 314 g/mol. The largest absolute Gasteiger partial charge is 0.463 e. The van der Waals surface area contributed by atoms with Crippen LogP contribution in [0.15, 0.2) is 45.4 Å².